The summed E-state index contributed by atoms with van der Waals surface area (Å²) in [6.45, 7) is 5.01. The van der Waals surface area contributed by atoms with Gasteiger partial charge in [-0.1, -0.05) is 19.1 Å². The Hall–Kier alpha value is -2.72. The molecule has 0 aliphatic rings. The lowest BCUT2D eigenvalue weighted by Crippen LogP contribution is -2.32. The van der Waals surface area contributed by atoms with Gasteiger partial charge >= 0.3 is 5.97 Å². The summed E-state index contributed by atoms with van der Waals surface area (Å²) in [5, 5.41) is 2.55. The smallest absolute Gasteiger partial charge is 0.307 e. The van der Waals surface area contributed by atoms with Crippen LogP contribution in [0.3, 0.4) is 0 Å². The highest BCUT2D eigenvalue weighted by Crippen LogP contribution is 2.11. The van der Waals surface area contributed by atoms with Crippen molar-refractivity contribution in [2.45, 2.75) is 44.7 Å². The number of esters is 1. The van der Waals surface area contributed by atoms with Crippen LogP contribution >= 0.6 is 0 Å². The number of ether oxygens (including phenoxy) is 1. The summed E-state index contributed by atoms with van der Waals surface area (Å²) < 4.78 is 33.3. The van der Waals surface area contributed by atoms with Gasteiger partial charge in [0.2, 0.25) is 0 Å². The molecule has 1 aromatic carbocycles. The molecule has 1 unspecified atom stereocenters. The van der Waals surface area contributed by atoms with Crippen molar-refractivity contribution in [2.24, 2.45) is 7.05 Å². The van der Waals surface area contributed by atoms with Gasteiger partial charge in [-0.25, -0.2) is 18.1 Å². The van der Waals surface area contributed by atoms with Crippen LogP contribution in [-0.4, -0.2) is 42.5 Å². The van der Waals surface area contributed by atoms with E-state index in [2.05, 4.69) is 15.0 Å². The number of hydrogen-bond donors (Lipinski definition) is 2. The van der Waals surface area contributed by atoms with E-state index in [1.807, 2.05) is 19.1 Å². The van der Waals surface area contributed by atoms with Crippen LogP contribution in [0.2, 0.25) is 0 Å². The Kier molecular flexibility index (Phi) is 7.52. The Morgan fingerprint density at radius 2 is 1.90 bits per heavy atom. The number of amides is 1. The number of imidazole rings is 1. The molecule has 2 rings (SSSR count). The Morgan fingerprint density at radius 3 is 2.45 bits per heavy atom. The fraction of sp³-hybridized carbons (Fsp3) is 0.421. The van der Waals surface area contributed by atoms with Crippen LogP contribution in [0.15, 0.2) is 35.5 Å². The van der Waals surface area contributed by atoms with Crippen molar-refractivity contribution in [2.75, 3.05) is 11.9 Å². The van der Waals surface area contributed by atoms with E-state index in [-0.39, 0.29) is 18.0 Å². The van der Waals surface area contributed by atoms with Crippen LogP contribution in [0, 0.1) is 6.92 Å². The van der Waals surface area contributed by atoms with Crippen molar-refractivity contribution in [1.82, 2.24) is 14.3 Å². The van der Waals surface area contributed by atoms with Gasteiger partial charge in [-0.05, 0) is 38.0 Å². The van der Waals surface area contributed by atoms with Crippen LogP contribution in [-0.2, 0) is 37.8 Å². The summed E-state index contributed by atoms with van der Waals surface area (Å²) in [5.41, 5.74) is 1.75. The molecule has 158 valence electrons. The van der Waals surface area contributed by atoms with Crippen LogP contribution in [0.4, 0.5) is 5.69 Å². The van der Waals surface area contributed by atoms with E-state index in [0.717, 1.165) is 12.0 Å². The Balaban J connectivity index is 1.79. The average molecular weight is 423 g/mol. The first-order valence-electron chi connectivity index (χ1n) is 9.21. The number of sulfonamides is 1. The lowest BCUT2D eigenvalue weighted by Gasteiger charge is -2.14. The van der Waals surface area contributed by atoms with E-state index >= 15 is 0 Å². The number of aromatic nitrogens is 2. The van der Waals surface area contributed by atoms with E-state index in [0.29, 0.717) is 11.5 Å². The van der Waals surface area contributed by atoms with Gasteiger partial charge in [-0.15, -0.1) is 0 Å². The first-order chi connectivity index (χ1) is 13.6. The maximum Gasteiger partial charge on any atom is 0.307 e. The Labute approximate surface area is 170 Å². The number of nitrogens with one attached hydrogen (secondary N) is 2. The molecule has 0 aliphatic heterocycles. The van der Waals surface area contributed by atoms with E-state index in [1.165, 1.54) is 13.1 Å². The molecular formula is C19H26N4O5S. The molecule has 29 heavy (non-hydrogen) atoms. The molecule has 0 spiro atoms. The van der Waals surface area contributed by atoms with Gasteiger partial charge in [-0.2, -0.15) is 0 Å². The summed E-state index contributed by atoms with van der Waals surface area (Å²) in [4.78, 5) is 28.0. The van der Waals surface area contributed by atoms with Crippen LogP contribution in [0.25, 0.3) is 0 Å². The third-order valence-electron chi connectivity index (χ3n) is 4.29. The van der Waals surface area contributed by atoms with Gasteiger partial charge in [-0.3, -0.25) is 9.59 Å². The molecule has 2 aromatic rings. The largest absolute Gasteiger partial charge is 0.452 e. The molecule has 1 amide bonds. The quantitative estimate of drug-likeness (QED) is 0.592. The third-order valence-corrected chi connectivity index (χ3v) is 5.62. The predicted molar refractivity (Wildman–Crippen MR) is 108 cm³/mol. The van der Waals surface area contributed by atoms with E-state index < -0.39 is 28.0 Å². The second-order valence-electron chi connectivity index (χ2n) is 6.56. The molecule has 0 saturated heterocycles. The van der Waals surface area contributed by atoms with Crippen LogP contribution in [0.5, 0.6) is 0 Å². The number of rotatable bonds is 9. The maximum absolute atomic E-state index is 12.2. The van der Waals surface area contributed by atoms with Crippen molar-refractivity contribution >= 4 is 27.6 Å². The number of aryl methyl sites for hydroxylation is 3. The molecular weight excluding hydrogens is 396 g/mol. The number of anilines is 1. The van der Waals surface area contributed by atoms with E-state index in [4.69, 9.17) is 4.74 Å². The van der Waals surface area contributed by atoms with Crippen molar-refractivity contribution in [3.8, 4) is 0 Å². The number of nitrogens with zero attached hydrogens (tertiary/aromatic N) is 2. The molecule has 0 aliphatic carbocycles. The summed E-state index contributed by atoms with van der Waals surface area (Å²) in [5.74, 6) is -0.602. The summed E-state index contributed by atoms with van der Waals surface area (Å²) in [6, 6.07) is 7.36. The van der Waals surface area contributed by atoms with Crippen molar-refractivity contribution in [3.63, 3.8) is 0 Å². The minimum Gasteiger partial charge on any atom is -0.452 e. The molecule has 1 heterocycles. The zero-order valence-corrected chi connectivity index (χ0v) is 17.7. The molecule has 1 aromatic heterocycles. The van der Waals surface area contributed by atoms with Gasteiger partial charge < -0.3 is 14.6 Å². The normalized spacial score (nSPS) is 12.4. The van der Waals surface area contributed by atoms with Crippen molar-refractivity contribution < 1.29 is 22.7 Å². The van der Waals surface area contributed by atoms with E-state index in [9.17, 15) is 18.0 Å². The molecule has 0 radical (unpaired) electrons. The minimum atomic E-state index is -3.82. The lowest BCUT2D eigenvalue weighted by molar-refractivity contribution is -0.152. The molecule has 0 saturated carbocycles. The molecule has 9 nitrogen and oxygen atoms in total. The number of benzene rings is 1. The average Bonchev–Trinajstić information content (AvgIpc) is 3.01. The Morgan fingerprint density at radius 1 is 1.24 bits per heavy atom. The summed E-state index contributed by atoms with van der Waals surface area (Å²) >= 11 is 0. The highest BCUT2D eigenvalue weighted by atomic mass is 32.2. The molecule has 2 N–H and O–H groups in total. The first-order valence-corrected chi connectivity index (χ1v) is 10.7. The SMILES string of the molecule is CCc1ccc(NC(=O)C(C)OC(=O)CCNS(=O)(=O)c2cn(C)c(C)n2)cc1. The lowest BCUT2D eigenvalue weighted by atomic mass is 10.1. The minimum absolute atomic E-state index is 0.118. The highest BCUT2D eigenvalue weighted by molar-refractivity contribution is 7.89. The van der Waals surface area contributed by atoms with Crippen LogP contribution in [0.1, 0.15) is 31.7 Å². The van der Waals surface area contributed by atoms with Gasteiger partial charge in [0.1, 0.15) is 5.82 Å². The fourth-order valence-corrected chi connectivity index (χ4v) is 3.46. The third kappa shape index (κ3) is 6.40. The van der Waals surface area contributed by atoms with Gasteiger partial charge in [0.15, 0.2) is 11.1 Å². The summed E-state index contributed by atoms with van der Waals surface area (Å²) in [7, 11) is -2.13. The summed E-state index contributed by atoms with van der Waals surface area (Å²) in [6.07, 6.45) is 1.05. The number of hydrogen-bond acceptors (Lipinski definition) is 6. The zero-order chi connectivity index (χ0) is 21.6. The fourth-order valence-electron chi connectivity index (χ4n) is 2.39. The highest BCUT2D eigenvalue weighted by Gasteiger charge is 2.21. The van der Waals surface area contributed by atoms with Crippen LogP contribution < -0.4 is 10.0 Å². The molecule has 0 bridgehead atoms. The topological polar surface area (TPSA) is 119 Å². The van der Waals surface area contributed by atoms with Gasteiger partial charge in [0, 0.05) is 25.5 Å². The van der Waals surface area contributed by atoms with Gasteiger partial charge in [0.25, 0.3) is 15.9 Å². The molecule has 10 heteroatoms. The number of carbonyl (C=O) groups excluding carboxylic acids is 2. The second kappa shape index (κ2) is 9.66. The van der Waals surface area contributed by atoms with E-state index in [1.54, 1.807) is 30.7 Å². The first kappa shape index (κ1) is 22.6. The second-order valence-corrected chi connectivity index (χ2v) is 8.27. The Bertz CT molecular complexity index is 947. The maximum atomic E-state index is 12.2. The van der Waals surface area contributed by atoms with Crippen molar-refractivity contribution in [1.29, 1.82) is 0 Å². The zero-order valence-electron chi connectivity index (χ0n) is 16.9. The standard InChI is InChI=1S/C19H26N4O5S/c1-5-15-6-8-16(9-7-15)22-19(25)13(2)28-18(24)10-11-20-29(26,27)17-12-23(4)14(3)21-17/h6-9,12-13,20H,5,10-11H2,1-4H3,(H,22,25). The van der Waals surface area contributed by atoms with Crippen molar-refractivity contribution in [3.05, 3.63) is 41.9 Å². The monoisotopic (exact) mass is 422 g/mol. The number of carbonyl (C=O) groups is 2. The molecule has 1 atom stereocenters. The molecule has 0 fully saturated rings. The van der Waals surface area contributed by atoms with Gasteiger partial charge in [0.05, 0.1) is 6.42 Å². The predicted octanol–water partition coefficient (Wildman–Crippen LogP) is 1.53.